The lowest BCUT2D eigenvalue weighted by Crippen LogP contribution is -2.42. The van der Waals surface area contributed by atoms with Gasteiger partial charge < -0.3 is 9.64 Å². The number of ether oxygens (including phenoxy) is 1. The van der Waals surface area contributed by atoms with E-state index < -0.39 is 0 Å². The van der Waals surface area contributed by atoms with Crippen molar-refractivity contribution in [1.82, 2.24) is 9.80 Å². The molecule has 2 atom stereocenters. The first-order valence-corrected chi connectivity index (χ1v) is 10.5. The molecule has 0 saturated carbocycles. The fourth-order valence-corrected chi connectivity index (χ4v) is 4.86. The molecule has 2 aliphatic rings. The number of thioether (sulfide) groups is 1. The molecule has 2 fully saturated rings. The van der Waals surface area contributed by atoms with Gasteiger partial charge in [-0.1, -0.05) is 44.2 Å². The second kappa shape index (κ2) is 9.06. The summed E-state index contributed by atoms with van der Waals surface area (Å²) in [5.41, 5.74) is 1.19. The first-order valence-electron chi connectivity index (χ1n) is 9.37. The topological polar surface area (TPSA) is 32.8 Å². The number of amides is 1. The number of nitrogens with zero attached hydrogens (tertiary/aromatic N) is 2. The van der Waals surface area contributed by atoms with Crippen LogP contribution in [0.1, 0.15) is 25.8 Å². The fourth-order valence-electron chi connectivity index (χ4n) is 3.60. The van der Waals surface area contributed by atoms with E-state index in [-0.39, 0.29) is 12.0 Å². The zero-order chi connectivity index (χ0) is 17.6. The molecule has 1 aromatic rings. The van der Waals surface area contributed by atoms with Crippen molar-refractivity contribution in [2.75, 3.05) is 37.7 Å². The second-order valence-corrected chi connectivity index (χ2v) is 8.71. The molecule has 0 bridgehead atoms. The molecule has 1 amide bonds. The van der Waals surface area contributed by atoms with Gasteiger partial charge in [-0.3, -0.25) is 9.69 Å². The lowest BCUT2D eigenvalue weighted by atomic mass is 10.2. The first-order chi connectivity index (χ1) is 12.1. The van der Waals surface area contributed by atoms with Gasteiger partial charge in [-0.05, 0) is 23.7 Å². The van der Waals surface area contributed by atoms with E-state index in [0.29, 0.717) is 31.7 Å². The molecule has 4 nitrogen and oxygen atoms in total. The van der Waals surface area contributed by atoms with Crippen molar-refractivity contribution in [3.05, 3.63) is 35.9 Å². The van der Waals surface area contributed by atoms with Crippen LogP contribution in [0.2, 0.25) is 0 Å². The third kappa shape index (κ3) is 5.47. The Kier molecular flexibility index (Phi) is 6.79. The van der Waals surface area contributed by atoms with Gasteiger partial charge in [-0.15, -0.1) is 0 Å². The zero-order valence-electron chi connectivity index (χ0n) is 15.4. The summed E-state index contributed by atoms with van der Waals surface area (Å²) in [7, 11) is 0. The second-order valence-electron chi connectivity index (χ2n) is 7.56. The van der Waals surface area contributed by atoms with Gasteiger partial charge in [0.05, 0.1) is 19.3 Å². The smallest absolute Gasteiger partial charge is 0.236 e. The zero-order valence-corrected chi connectivity index (χ0v) is 16.2. The van der Waals surface area contributed by atoms with Crippen molar-refractivity contribution in [2.45, 2.75) is 39.0 Å². The van der Waals surface area contributed by atoms with Crippen LogP contribution in [0, 0.1) is 5.92 Å². The molecular weight excluding hydrogens is 332 g/mol. The predicted molar refractivity (Wildman–Crippen MR) is 104 cm³/mol. The van der Waals surface area contributed by atoms with Crippen LogP contribution >= 0.6 is 11.8 Å². The molecule has 2 saturated heterocycles. The van der Waals surface area contributed by atoms with Gasteiger partial charge in [-0.25, -0.2) is 0 Å². The van der Waals surface area contributed by atoms with E-state index in [4.69, 9.17) is 4.74 Å². The van der Waals surface area contributed by atoms with Gasteiger partial charge in [0.2, 0.25) is 5.91 Å². The summed E-state index contributed by atoms with van der Waals surface area (Å²) >= 11 is 2.00. The van der Waals surface area contributed by atoms with E-state index in [0.717, 1.165) is 18.8 Å². The maximum absolute atomic E-state index is 12.8. The number of carbonyl (C=O) groups excluding carboxylic acids is 1. The minimum absolute atomic E-state index is 0.0796. The van der Waals surface area contributed by atoms with Crippen molar-refractivity contribution in [1.29, 1.82) is 0 Å². The third-order valence-electron chi connectivity index (χ3n) is 4.89. The Morgan fingerprint density at radius 3 is 2.72 bits per heavy atom. The lowest BCUT2D eigenvalue weighted by Gasteiger charge is -2.28. The average molecular weight is 363 g/mol. The van der Waals surface area contributed by atoms with E-state index in [1.54, 1.807) is 0 Å². The molecule has 2 heterocycles. The highest BCUT2D eigenvalue weighted by Gasteiger charge is 2.33. The molecule has 1 aromatic carbocycles. The summed E-state index contributed by atoms with van der Waals surface area (Å²) in [6, 6.07) is 10.8. The Morgan fingerprint density at radius 2 is 2.04 bits per heavy atom. The average Bonchev–Trinajstić information content (AvgIpc) is 3.08. The molecule has 0 aromatic heterocycles. The first kappa shape index (κ1) is 18.7. The normalized spacial score (nSPS) is 25.6. The Hall–Kier alpha value is -1.04. The van der Waals surface area contributed by atoms with E-state index in [1.807, 2.05) is 34.9 Å². The van der Waals surface area contributed by atoms with Crippen LogP contribution < -0.4 is 0 Å². The van der Waals surface area contributed by atoms with Gasteiger partial charge in [-0.2, -0.15) is 11.8 Å². The fraction of sp³-hybridized carbons (Fsp3) is 0.650. The SMILES string of the molecule is CC(C)CN1C[C@H](OCc2ccccc2)CN([C@@H]2CCSC2)CC1=O. The largest absolute Gasteiger partial charge is 0.370 e. The molecule has 138 valence electrons. The molecule has 0 aliphatic carbocycles. The van der Waals surface area contributed by atoms with Crippen LogP contribution in [0.5, 0.6) is 0 Å². The van der Waals surface area contributed by atoms with Crippen molar-refractivity contribution < 1.29 is 9.53 Å². The number of benzene rings is 1. The summed E-state index contributed by atoms with van der Waals surface area (Å²) in [5, 5.41) is 0. The molecule has 0 unspecified atom stereocenters. The lowest BCUT2D eigenvalue weighted by molar-refractivity contribution is -0.132. The molecule has 2 aliphatic heterocycles. The van der Waals surface area contributed by atoms with Crippen molar-refractivity contribution in [3.63, 3.8) is 0 Å². The maximum atomic E-state index is 12.8. The van der Waals surface area contributed by atoms with E-state index in [1.165, 1.54) is 17.7 Å². The molecule has 3 rings (SSSR count). The highest BCUT2D eigenvalue weighted by molar-refractivity contribution is 7.99. The molecule has 0 spiro atoms. The number of hydrogen-bond acceptors (Lipinski definition) is 4. The summed E-state index contributed by atoms with van der Waals surface area (Å²) in [6.45, 7) is 7.88. The quantitative estimate of drug-likeness (QED) is 0.779. The highest BCUT2D eigenvalue weighted by atomic mass is 32.2. The standard InChI is InChI=1S/C20H30N2O2S/c1-16(2)10-22-12-19(24-14-17-6-4-3-5-7-17)11-21(13-20(22)23)18-8-9-25-15-18/h3-7,16,18-19H,8-15H2,1-2H3/t18-,19-/m1/s1. The molecule has 5 heteroatoms. The van der Waals surface area contributed by atoms with Crippen molar-refractivity contribution >= 4 is 17.7 Å². The number of rotatable bonds is 6. The summed E-state index contributed by atoms with van der Waals surface area (Å²) in [4.78, 5) is 17.1. The van der Waals surface area contributed by atoms with Gasteiger partial charge in [0, 0.05) is 31.4 Å². The Labute approximate surface area is 155 Å². The van der Waals surface area contributed by atoms with Gasteiger partial charge in [0.25, 0.3) is 0 Å². The molecule has 25 heavy (non-hydrogen) atoms. The molecule has 0 radical (unpaired) electrons. The van der Waals surface area contributed by atoms with E-state index in [9.17, 15) is 4.79 Å². The third-order valence-corrected chi connectivity index (χ3v) is 6.03. The summed E-state index contributed by atoms with van der Waals surface area (Å²) < 4.78 is 6.26. The number of carbonyl (C=O) groups is 1. The van der Waals surface area contributed by atoms with Gasteiger partial charge in [0.15, 0.2) is 0 Å². The Balaban J connectivity index is 1.67. The summed E-state index contributed by atoms with van der Waals surface area (Å²) in [6.07, 6.45) is 1.27. The monoisotopic (exact) mass is 362 g/mol. The minimum atomic E-state index is 0.0796. The van der Waals surface area contributed by atoms with Crippen LogP contribution in [0.25, 0.3) is 0 Å². The van der Waals surface area contributed by atoms with E-state index in [2.05, 4.69) is 30.9 Å². The maximum Gasteiger partial charge on any atom is 0.236 e. The summed E-state index contributed by atoms with van der Waals surface area (Å²) in [5.74, 6) is 3.09. The van der Waals surface area contributed by atoms with Crippen molar-refractivity contribution in [2.24, 2.45) is 5.92 Å². The van der Waals surface area contributed by atoms with Crippen molar-refractivity contribution in [3.8, 4) is 0 Å². The molecular formula is C20H30N2O2S. The Bertz CT molecular complexity index is 546. The van der Waals surface area contributed by atoms with Gasteiger partial charge in [0.1, 0.15) is 0 Å². The minimum Gasteiger partial charge on any atom is -0.370 e. The van der Waals surface area contributed by atoms with Gasteiger partial charge >= 0.3 is 0 Å². The number of hydrogen-bond donors (Lipinski definition) is 0. The predicted octanol–water partition coefficient (Wildman–Crippen LogP) is 2.88. The molecule has 0 N–H and O–H groups in total. The van der Waals surface area contributed by atoms with Crippen LogP contribution in [0.4, 0.5) is 0 Å². The van der Waals surface area contributed by atoms with Crippen LogP contribution in [0.3, 0.4) is 0 Å². The van der Waals surface area contributed by atoms with E-state index >= 15 is 0 Å². The Morgan fingerprint density at radius 1 is 1.24 bits per heavy atom. The van der Waals surface area contributed by atoms with Crippen LogP contribution in [-0.2, 0) is 16.1 Å². The van der Waals surface area contributed by atoms with Crippen LogP contribution in [0.15, 0.2) is 30.3 Å². The highest BCUT2D eigenvalue weighted by Crippen LogP contribution is 2.24. The van der Waals surface area contributed by atoms with Crippen LogP contribution in [-0.4, -0.2) is 65.5 Å².